The van der Waals surface area contributed by atoms with E-state index in [0.29, 0.717) is 12.2 Å². The number of aliphatic hydroxyl groups is 1. The molecule has 0 bridgehead atoms. The first-order chi connectivity index (χ1) is 7.22. The topological polar surface area (TPSA) is 29.5 Å². The first kappa shape index (κ1) is 12.0. The number of hydrogen-bond donors (Lipinski definition) is 1. The smallest absolute Gasteiger partial charge is 0.165 e. The number of methoxy groups -OCH3 is 1. The third-order valence-electron chi connectivity index (χ3n) is 2.60. The molecule has 0 radical (unpaired) electrons. The van der Waals surface area contributed by atoms with Crippen molar-refractivity contribution < 1.29 is 14.2 Å². The van der Waals surface area contributed by atoms with Crippen LogP contribution in [-0.4, -0.2) is 18.8 Å². The van der Waals surface area contributed by atoms with Crippen molar-refractivity contribution in [1.82, 2.24) is 0 Å². The zero-order valence-corrected chi connectivity index (χ0v) is 9.16. The summed E-state index contributed by atoms with van der Waals surface area (Å²) in [4.78, 5) is 0. The van der Waals surface area contributed by atoms with Crippen LogP contribution in [0.1, 0.15) is 18.9 Å². The molecule has 1 aromatic carbocycles. The van der Waals surface area contributed by atoms with Crippen LogP contribution < -0.4 is 4.74 Å². The number of hydrogen-bond acceptors (Lipinski definition) is 2. The Balaban J connectivity index is 2.88. The lowest BCUT2D eigenvalue weighted by atomic mass is 9.97. The van der Waals surface area contributed by atoms with Gasteiger partial charge in [-0.15, -0.1) is 0 Å². The molecule has 1 N–H and O–H groups in total. The fraction of sp³-hybridized carbons (Fsp3) is 0.500. The Bertz CT molecular complexity index is 308. The molecular weight excluding hydrogens is 195 g/mol. The van der Waals surface area contributed by atoms with Crippen LogP contribution in [0.5, 0.6) is 5.75 Å². The van der Waals surface area contributed by atoms with Gasteiger partial charge in [-0.25, -0.2) is 4.39 Å². The molecule has 1 aromatic rings. The molecule has 1 unspecified atom stereocenters. The van der Waals surface area contributed by atoms with Crippen LogP contribution in [0.25, 0.3) is 0 Å². The van der Waals surface area contributed by atoms with Gasteiger partial charge in [-0.3, -0.25) is 0 Å². The number of rotatable bonds is 5. The van der Waals surface area contributed by atoms with Crippen molar-refractivity contribution in [2.75, 3.05) is 13.7 Å². The standard InChI is InChI=1S/C12H17FO2/c1-3-9(8-14)7-10-5-4-6-11(13)12(10)15-2/h4-6,9,14H,3,7-8H2,1-2H3. The van der Waals surface area contributed by atoms with Crippen LogP contribution in [-0.2, 0) is 6.42 Å². The molecule has 0 saturated heterocycles. The van der Waals surface area contributed by atoms with E-state index in [2.05, 4.69) is 0 Å². The van der Waals surface area contributed by atoms with Gasteiger partial charge in [-0.2, -0.15) is 0 Å². The molecule has 0 aromatic heterocycles. The van der Waals surface area contributed by atoms with Gasteiger partial charge >= 0.3 is 0 Å². The Morgan fingerprint density at radius 3 is 2.73 bits per heavy atom. The summed E-state index contributed by atoms with van der Waals surface area (Å²) >= 11 is 0. The molecule has 2 nitrogen and oxygen atoms in total. The van der Waals surface area contributed by atoms with E-state index in [1.807, 2.05) is 13.0 Å². The summed E-state index contributed by atoms with van der Waals surface area (Å²) in [7, 11) is 1.46. The van der Waals surface area contributed by atoms with E-state index in [1.165, 1.54) is 13.2 Å². The Labute approximate surface area is 89.7 Å². The molecule has 0 aliphatic carbocycles. The van der Waals surface area contributed by atoms with E-state index < -0.39 is 0 Å². The second-order valence-corrected chi connectivity index (χ2v) is 3.59. The van der Waals surface area contributed by atoms with Gasteiger partial charge in [0.2, 0.25) is 0 Å². The second kappa shape index (κ2) is 5.71. The molecule has 0 amide bonds. The van der Waals surface area contributed by atoms with Crippen LogP contribution in [0.3, 0.4) is 0 Å². The minimum atomic E-state index is -0.345. The SMILES string of the molecule is CCC(CO)Cc1cccc(F)c1OC. The molecule has 1 atom stereocenters. The molecule has 84 valence electrons. The maximum atomic E-state index is 13.3. The Kier molecular flexibility index (Phi) is 4.56. The van der Waals surface area contributed by atoms with Crippen molar-refractivity contribution in [1.29, 1.82) is 0 Å². The van der Waals surface area contributed by atoms with Crippen molar-refractivity contribution >= 4 is 0 Å². The zero-order chi connectivity index (χ0) is 11.3. The maximum Gasteiger partial charge on any atom is 0.165 e. The van der Waals surface area contributed by atoms with Crippen LogP contribution in [0.15, 0.2) is 18.2 Å². The minimum absolute atomic E-state index is 0.121. The molecule has 0 aliphatic rings. The molecule has 0 heterocycles. The molecule has 0 saturated carbocycles. The number of aliphatic hydroxyl groups excluding tert-OH is 1. The average molecular weight is 212 g/mol. The van der Waals surface area contributed by atoms with E-state index in [9.17, 15) is 4.39 Å². The van der Waals surface area contributed by atoms with Gasteiger partial charge in [0.15, 0.2) is 11.6 Å². The van der Waals surface area contributed by atoms with Crippen LogP contribution in [0, 0.1) is 11.7 Å². The highest BCUT2D eigenvalue weighted by atomic mass is 19.1. The van der Waals surface area contributed by atoms with E-state index >= 15 is 0 Å². The van der Waals surface area contributed by atoms with E-state index in [-0.39, 0.29) is 18.3 Å². The molecule has 0 spiro atoms. The summed E-state index contributed by atoms with van der Waals surface area (Å²) in [6.07, 6.45) is 1.52. The summed E-state index contributed by atoms with van der Waals surface area (Å²) < 4.78 is 18.3. The lowest BCUT2D eigenvalue weighted by Gasteiger charge is -2.14. The van der Waals surface area contributed by atoms with Gasteiger partial charge in [-0.05, 0) is 24.0 Å². The fourth-order valence-electron chi connectivity index (χ4n) is 1.59. The van der Waals surface area contributed by atoms with Crippen LogP contribution in [0.4, 0.5) is 4.39 Å². The fourth-order valence-corrected chi connectivity index (χ4v) is 1.59. The van der Waals surface area contributed by atoms with Gasteiger partial charge < -0.3 is 9.84 Å². The zero-order valence-electron chi connectivity index (χ0n) is 9.16. The summed E-state index contributed by atoms with van der Waals surface area (Å²) in [5.74, 6) is 0.118. The van der Waals surface area contributed by atoms with E-state index in [1.54, 1.807) is 6.07 Å². The van der Waals surface area contributed by atoms with Crippen LogP contribution in [0.2, 0.25) is 0 Å². The molecule has 15 heavy (non-hydrogen) atoms. The Hall–Kier alpha value is -1.09. The van der Waals surface area contributed by atoms with Crippen molar-refractivity contribution in [2.24, 2.45) is 5.92 Å². The van der Waals surface area contributed by atoms with Gasteiger partial charge in [0.25, 0.3) is 0 Å². The van der Waals surface area contributed by atoms with Gasteiger partial charge in [0.1, 0.15) is 0 Å². The summed E-state index contributed by atoms with van der Waals surface area (Å²) in [6.45, 7) is 2.13. The molecule has 1 rings (SSSR count). The summed E-state index contributed by atoms with van der Waals surface area (Å²) in [5.41, 5.74) is 0.818. The molecule has 3 heteroatoms. The summed E-state index contributed by atoms with van der Waals surface area (Å²) in [6, 6.07) is 4.87. The lowest BCUT2D eigenvalue weighted by molar-refractivity contribution is 0.221. The highest BCUT2D eigenvalue weighted by molar-refractivity contribution is 5.35. The predicted octanol–water partition coefficient (Wildman–Crippen LogP) is 2.40. The average Bonchev–Trinajstić information content (AvgIpc) is 2.26. The maximum absolute atomic E-state index is 13.3. The molecular formula is C12H17FO2. The third kappa shape index (κ3) is 2.93. The van der Waals surface area contributed by atoms with E-state index in [4.69, 9.17) is 9.84 Å². The predicted molar refractivity (Wildman–Crippen MR) is 57.5 cm³/mol. The molecule has 0 fully saturated rings. The Morgan fingerprint density at radius 2 is 2.20 bits per heavy atom. The van der Waals surface area contributed by atoms with Crippen LogP contribution >= 0.6 is 0 Å². The van der Waals surface area contributed by atoms with Crippen molar-refractivity contribution in [2.45, 2.75) is 19.8 Å². The molecule has 0 aliphatic heterocycles. The van der Waals surface area contributed by atoms with Gasteiger partial charge in [0.05, 0.1) is 7.11 Å². The monoisotopic (exact) mass is 212 g/mol. The third-order valence-corrected chi connectivity index (χ3v) is 2.60. The van der Waals surface area contributed by atoms with Gasteiger partial charge in [0, 0.05) is 6.61 Å². The number of halogens is 1. The van der Waals surface area contributed by atoms with Gasteiger partial charge in [-0.1, -0.05) is 25.5 Å². The largest absolute Gasteiger partial charge is 0.493 e. The minimum Gasteiger partial charge on any atom is -0.493 e. The first-order valence-electron chi connectivity index (χ1n) is 5.15. The highest BCUT2D eigenvalue weighted by Gasteiger charge is 2.12. The van der Waals surface area contributed by atoms with Crippen molar-refractivity contribution in [3.05, 3.63) is 29.6 Å². The summed E-state index contributed by atoms with van der Waals surface area (Å²) in [5, 5.41) is 9.09. The Morgan fingerprint density at radius 1 is 1.47 bits per heavy atom. The number of para-hydroxylation sites is 1. The highest BCUT2D eigenvalue weighted by Crippen LogP contribution is 2.25. The first-order valence-corrected chi connectivity index (χ1v) is 5.15. The normalized spacial score (nSPS) is 12.5. The second-order valence-electron chi connectivity index (χ2n) is 3.59. The lowest BCUT2D eigenvalue weighted by Crippen LogP contribution is -2.09. The quantitative estimate of drug-likeness (QED) is 0.812. The van der Waals surface area contributed by atoms with E-state index in [0.717, 1.165) is 12.0 Å². The van der Waals surface area contributed by atoms with Crippen molar-refractivity contribution in [3.8, 4) is 5.75 Å². The van der Waals surface area contributed by atoms with Crippen molar-refractivity contribution in [3.63, 3.8) is 0 Å². The number of benzene rings is 1. The number of ether oxygens (including phenoxy) is 1.